The highest BCUT2D eigenvalue weighted by atomic mass is 16.5. The van der Waals surface area contributed by atoms with Crippen LogP contribution in [0.2, 0.25) is 0 Å². The summed E-state index contributed by atoms with van der Waals surface area (Å²) in [4.78, 5) is 2.26. The van der Waals surface area contributed by atoms with E-state index in [9.17, 15) is 5.11 Å². The number of aromatic nitrogens is 2. The summed E-state index contributed by atoms with van der Waals surface area (Å²) in [5.41, 5.74) is 2.70. The second kappa shape index (κ2) is 7.05. The molecule has 4 rings (SSSR count). The van der Waals surface area contributed by atoms with Crippen LogP contribution < -0.4 is 0 Å². The normalized spacial score (nSPS) is 22.8. The van der Waals surface area contributed by atoms with Crippen molar-refractivity contribution in [3.8, 4) is 0 Å². The van der Waals surface area contributed by atoms with Crippen molar-refractivity contribution in [3.05, 3.63) is 53.9 Å². The van der Waals surface area contributed by atoms with Crippen molar-refractivity contribution >= 4 is 0 Å². The first-order chi connectivity index (χ1) is 11.8. The minimum atomic E-state index is -0.433. The lowest BCUT2D eigenvalue weighted by Crippen LogP contribution is -2.51. The molecular formula is C19H25N3O2. The minimum Gasteiger partial charge on any atom is -0.389 e. The van der Waals surface area contributed by atoms with E-state index in [0.717, 1.165) is 32.4 Å². The number of hydrogen-bond donors (Lipinski definition) is 1. The highest BCUT2D eigenvalue weighted by Crippen LogP contribution is 2.32. The van der Waals surface area contributed by atoms with Crippen molar-refractivity contribution in [2.75, 3.05) is 26.2 Å². The summed E-state index contributed by atoms with van der Waals surface area (Å²) in [5.74, 6) is 0. The van der Waals surface area contributed by atoms with Crippen molar-refractivity contribution in [1.82, 2.24) is 14.7 Å². The van der Waals surface area contributed by atoms with Gasteiger partial charge in [0.2, 0.25) is 0 Å². The average Bonchev–Trinajstić information content (AvgIpc) is 3.09. The topological polar surface area (TPSA) is 50.5 Å². The van der Waals surface area contributed by atoms with Crippen molar-refractivity contribution in [1.29, 1.82) is 0 Å². The van der Waals surface area contributed by atoms with Gasteiger partial charge in [0.1, 0.15) is 0 Å². The lowest BCUT2D eigenvalue weighted by atomic mass is 9.89. The Hall–Kier alpha value is -1.69. The third-order valence-corrected chi connectivity index (χ3v) is 5.11. The maximum absolute atomic E-state index is 10.3. The standard InChI is InChI=1S/C19H25N3O2/c23-17(13-21-11-16(12-21)22-10-4-9-20-22)14-24-19-8-3-6-15-5-1-2-7-18(15)19/h1-2,4-5,7,9-10,16-17,19,23H,3,6,8,11-14H2/t17-,19-/m0/s1. The SMILES string of the molecule is O[C@H](CO[C@H]1CCCc2ccccc21)CN1CC(n2cccn2)C1. The van der Waals surface area contributed by atoms with Gasteiger partial charge in [-0.05, 0) is 36.5 Å². The number of likely N-dealkylation sites (tertiary alicyclic amines) is 1. The smallest absolute Gasteiger partial charge is 0.0900 e. The van der Waals surface area contributed by atoms with Gasteiger partial charge >= 0.3 is 0 Å². The van der Waals surface area contributed by atoms with Gasteiger partial charge in [-0.15, -0.1) is 0 Å². The molecule has 1 saturated heterocycles. The van der Waals surface area contributed by atoms with Gasteiger partial charge in [-0.3, -0.25) is 9.58 Å². The summed E-state index contributed by atoms with van der Waals surface area (Å²) >= 11 is 0. The van der Waals surface area contributed by atoms with Crippen molar-refractivity contribution < 1.29 is 9.84 Å². The molecule has 2 heterocycles. The van der Waals surface area contributed by atoms with Gasteiger partial charge in [0, 0.05) is 32.0 Å². The quantitative estimate of drug-likeness (QED) is 0.884. The van der Waals surface area contributed by atoms with Crippen molar-refractivity contribution in [3.63, 3.8) is 0 Å². The molecule has 1 aliphatic heterocycles. The Morgan fingerprint density at radius 3 is 2.96 bits per heavy atom. The first-order valence-electron chi connectivity index (χ1n) is 8.88. The largest absolute Gasteiger partial charge is 0.389 e. The molecule has 0 unspecified atom stereocenters. The Morgan fingerprint density at radius 2 is 2.12 bits per heavy atom. The molecule has 0 saturated carbocycles. The first kappa shape index (κ1) is 15.8. The monoisotopic (exact) mass is 327 g/mol. The van der Waals surface area contributed by atoms with Crippen LogP contribution in [0.5, 0.6) is 0 Å². The predicted octanol–water partition coefficient (Wildman–Crippen LogP) is 2.19. The second-order valence-corrected chi connectivity index (χ2v) is 6.93. The molecule has 2 aromatic rings. The molecular weight excluding hydrogens is 302 g/mol. The van der Waals surface area contributed by atoms with Gasteiger partial charge in [-0.1, -0.05) is 24.3 Å². The van der Waals surface area contributed by atoms with Gasteiger partial charge in [-0.25, -0.2) is 0 Å². The molecule has 5 heteroatoms. The van der Waals surface area contributed by atoms with E-state index in [4.69, 9.17) is 4.74 Å². The van der Waals surface area contributed by atoms with Crippen LogP contribution in [0.3, 0.4) is 0 Å². The van der Waals surface area contributed by atoms with E-state index in [1.165, 1.54) is 11.1 Å². The summed E-state index contributed by atoms with van der Waals surface area (Å²) in [7, 11) is 0. The lowest BCUT2D eigenvalue weighted by Gasteiger charge is -2.40. The van der Waals surface area contributed by atoms with E-state index in [1.54, 1.807) is 0 Å². The van der Waals surface area contributed by atoms with Crippen molar-refractivity contribution in [2.24, 2.45) is 0 Å². The zero-order chi connectivity index (χ0) is 16.4. The van der Waals surface area contributed by atoms with Crippen LogP contribution in [-0.4, -0.2) is 52.1 Å². The van der Waals surface area contributed by atoms with Crippen molar-refractivity contribution in [2.45, 2.75) is 37.5 Å². The van der Waals surface area contributed by atoms with E-state index in [2.05, 4.69) is 34.3 Å². The molecule has 0 bridgehead atoms. The molecule has 1 aromatic heterocycles. The van der Waals surface area contributed by atoms with Gasteiger partial charge in [0.05, 0.1) is 24.9 Å². The van der Waals surface area contributed by atoms with Crippen LogP contribution in [-0.2, 0) is 11.2 Å². The predicted molar refractivity (Wildman–Crippen MR) is 91.8 cm³/mol. The number of hydrogen-bond acceptors (Lipinski definition) is 4. The highest BCUT2D eigenvalue weighted by molar-refractivity contribution is 5.31. The average molecular weight is 327 g/mol. The Morgan fingerprint density at radius 1 is 1.25 bits per heavy atom. The van der Waals surface area contributed by atoms with Crippen LogP contribution in [0, 0.1) is 0 Å². The summed E-state index contributed by atoms with van der Waals surface area (Å²) in [6.07, 6.45) is 6.87. The maximum atomic E-state index is 10.3. The number of fused-ring (bicyclic) bond motifs is 1. The van der Waals surface area contributed by atoms with Gasteiger partial charge < -0.3 is 9.84 Å². The van der Waals surface area contributed by atoms with Gasteiger partial charge in [0.25, 0.3) is 0 Å². The molecule has 0 amide bonds. The zero-order valence-electron chi connectivity index (χ0n) is 13.9. The molecule has 2 aliphatic rings. The van der Waals surface area contributed by atoms with E-state index in [1.807, 2.05) is 23.1 Å². The number of aliphatic hydroxyl groups is 1. The summed E-state index contributed by atoms with van der Waals surface area (Å²) < 4.78 is 8.04. The summed E-state index contributed by atoms with van der Waals surface area (Å²) in [6.45, 7) is 2.98. The van der Waals surface area contributed by atoms with Crippen LogP contribution in [0.4, 0.5) is 0 Å². The molecule has 1 fully saturated rings. The second-order valence-electron chi connectivity index (χ2n) is 6.93. The van der Waals surface area contributed by atoms with Crippen LogP contribution in [0.1, 0.15) is 36.1 Å². The zero-order valence-corrected chi connectivity index (χ0v) is 13.9. The fourth-order valence-electron chi connectivity index (χ4n) is 3.82. The van der Waals surface area contributed by atoms with E-state index >= 15 is 0 Å². The fraction of sp³-hybridized carbons (Fsp3) is 0.526. The van der Waals surface area contributed by atoms with Crippen LogP contribution in [0.25, 0.3) is 0 Å². The maximum Gasteiger partial charge on any atom is 0.0900 e. The van der Waals surface area contributed by atoms with Gasteiger partial charge in [0.15, 0.2) is 0 Å². The number of aryl methyl sites for hydroxylation is 1. The first-order valence-corrected chi connectivity index (χ1v) is 8.88. The molecule has 5 nitrogen and oxygen atoms in total. The molecule has 0 radical (unpaired) electrons. The molecule has 1 aliphatic carbocycles. The third kappa shape index (κ3) is 3.38. The molecule has 0 spiro atoms. The summed E-state index contributed by atoms with van der Waals surface area (Å²) in [5, 5.41) is 14.6. The van der Waals surface area contributed by atoms with Crippen LogP contribution in [0.15, 0.2) is 42.7 Å². The third-order valence-electron chi connectivity index (χ3n) is 5.11. The van der Waals surface area contributed by atoms with E-state index in [-0.39, 0.29) is 6.10 Å². The number of aliphatic hydroxyl groups excluding tert-OH is 1. The Labute approximate surface area is 142 Å². The Kier molecular flexibility index (Phi) is 4.65. The Balaban J connectivity index is 1.23. The molecule has 1 aromatic carbocycles. The minimum absolute atomic E-state index is 0.137. The molecule has 1 N–H and O–H groups in total. The van der Waals surface area contributed by atoms with Gasteiger partial charge in [-0.2, -0.15) is 5.10 Å². The fourth-order valence-corrected chi connectivity index (χ4v) is 3.82. The number of benzene rings is 1. The summed E-state index contributed by atoms with van der Waals surface area (Å²) in [6, 6.07) is 10.9. The number of ether oxygens (including phenoxy) is 1. The lowest BCUT2D eigenvalue weighted by molar-refractivity contribution is -0.0409. The van der Waals surface area contributed by atoms with E-state index in [0.29, 0.717) is 19.2 Å². The number of nitrogens with zero attached hydrogens (tertiary/aromatic N) is 3. The molecule has 128 valence electrons. The van der Waals surface area contributed by atoms with E-state index < -0.39 is 6.10 Å². The number of β-amino-alcohol motifs (C(OH)–C–C–N with tert-alkyl or cyclic N) is 1. The van der Waals surface area contributed by atoms with Crippen LogP contribution >= 0.6 is 0 Å². The molecule has 24 heavy (non-hydrogen) atoms. The Bertz CT molecular complexity index is 652. The molecule has 2 atom stereocenters. The number of rotatable bonds is 6. The highest BCUT2D eigenvalue weighted by Gasteiger charge is 2.30.